The van der Waals surface area contributed by atoms with Gasteiger partial charge in [0, 0.05) is 17.6 Å². The van der Waals surface area contributed by atoms with Crippen molar-refractivity contribution in [3.63, 3.8) is 0 Å². The molecule has 0 saturated carbocycles. The van der Waals surface area contributed by atoms with Crippen molar-refractivity contribution in [1.29, 1.82) is 0 Å². The smallest absolute Gasteiger partial charge is 0.261 e. The van der Waals surface area contributed by atoms with Gasteiger partial charge in [0.1, 0.15) is 5.82 Å². The molecular formula is C22H24ClN3O2. The highest BCUT2D eigenvalue weighted by Gasteiger charge is 2.17. The van der Waals surface area contributed by atoms with E-state index >= 15 is 0 Å². The number of halogens is 1. The minimum atomic E-state index is -0.437. The second kappa shape index (κ2) is 8.57. The summed E-state index contributed by atoms with van der Waals surface area (Å²) in [7, 11) is 1.66. The molecular weight excluding hydrogens is 374 g/mol. The van der Waals surface area contributed by atoms with E-state index in [2.05, 4.69) is 17.2 Å². The zero-order chi connectivity index (χ0) is 20.3. The highest BCUT2D eigenvalue weighted by atomic mass is 35.5. The molecule has 0 radical (unpaired) electrons. The number of amides is 1. The molecule has 6 heteroatoms. The van der Waals surface area contributed by atoms with Crippen molar-refractivity contribution < 1.29 is 4.79 Å². The van der Waals surface area contributed by atoms with Crippen LogP contribution in [0.2, 0.25) is 5.02 Å². The summed E-state index contributed by atoms with van der Waals surface area (Å²) in [6.45, 7) is 3.97. The molecule has 1 N–H and O–H groups in total. The lowest BCUT2D eigenvalue weighted by molar-refractivity contribution is 0.0937. The van der Waals surface area contributed by atoms with Gasteiger partial charge in [0.2, 0.25) is 0 Å². The van der Waals surface area contributed by atoms with E-state index in [1.165, 1.54) is 10.1 Å². The number of unbranched alkanes of at least 4 members (excludes halogenated alkanes) is 1. The largest absolute Gasteiger partial charge is 0.342 e. The Kier molecular flexibility index (Phi) is 6.15. The van der Waals surface area contributed by atoms with E-state index in [0.717, 1.165) is 19.3 Å². The quantitative estimate of drug-likeness (QED) is 0.669. The average molecular weight is 398 g/mol. The molecule has 0 aliphatic heterocycles. The number of carbonyl (C=O) groups is 1. The van der Waals surface area contributed by atoms with Gasteiger partial charge < -0.3 is 5.32 Å². The number of nitrogens with zero attached hydrogens (tertiary/aromatic N) is 2. The van der Waals surface area contributed by atoms with Crippen LogP contribution in [0.5, 0.6) is 0 Å². The third kappa shape index (κ3) is 4.25. The van der Waals surface area contributed by atoms with E-state index in [1.807, 2.05) is 31.2 Å². The van der Waals surface area contributed by atoms with Gasteiger partial charge in [0.25, 0.3) is 11.5 Å². The van der Waals surface area contributed by atoms with Crippen molar-refractivity contribution in [2.75, 3.05) is 0 Å². The van der Waals surface area contributed by atoms with Crippen LogP contribution in [0.1, 0.15) is 54.5 Å². The summed E-state index contributed by atoms with van der Waals surface area (Å²) in [5.41, 5.74) is 2.16. The Morgan fingerprint density at radius 2 is 1.93 bits per heavy atom. The summed E-state index contributed by atoms with van der Waals surface area (Å²) in [4.78, 5) is 29.8. The van der Waals surface area contributed by atoms with Gasteiger partial charge in [0.05, 0.1) is 16.9 Å². The maximum atomic E-state index is 12.6. The Labute approximate surface area is 169 Å². The summed E-state index contributed by atoms with van der Waals surface area (Å²) in [6, 6.07) is 12.2. The molecule has 0 unspecified atom stereocenters. The first-order valence-electron chi connectivity index (χ1n) is 9.46. The minimum Gasteiger partial charge on any atom is -0.342 e. The Bertz CT molecular complexity index is 1060. The number of rotatable bonds is 6. The number of benzene rings is 2. The van der Waals surface area contributed by atoms with Gasteiger partial charge in [-0.05, 0) is 55.7 Å². The molecule has 146 valence electrons. The van der Waals surface area contributed by atoms with Crippen LogP contribution >= 0.6 is 11.6 Å². The highest BCUT2D eigenvalue weighted by molar-refractivity contribution is 6.31. The standard InChI is InChI=1S/C22H24ClN3O2/c1-4-5-6-15-7-9-16(10-8-15)21(27)24-14(2)20-25-19-13-17(23)11-12-18(19)22(28)26(20)3/h7-14H,4-6H2,1-3H3,(H,24,27)/t14-/m0/s1. The molecule has 5 nitrogen and oxygen atoms in total. The Hall–Kier alpha value is -2.66. The van der Waals surface area contributed by atoms with Crippen LogP contribution in [0.15, 0.2) is 47.3 Å². The van der Waals surface area contributed by atoms with Gasteiger partial charge in [-0.25, -0.2) is 4.98 Å². The predicted molar refractivity (Wildman–Crippen MR) is 113 cm³/mol. The van der Waals surface area contributed by atoms with Crippen LogP contribution in [0.3, 0.4) is 0 Å². The molecule has 3 aromatic rings. The molecule has 0 spiro atoms. The van der Waals surface area contributed by atoms with E-state index in [0.29, 0.717) is 27.3 Å². The molecule has 1 amide bonds. The van der Waals surface area contributed by atoms with Crippen LogP contribution in [0, 0.1) is 0 Å². The van der Waals surface area contributed by atoms with E-state index in [1.54, 1.807) is 25.2 Å². The van der Waals surface area contributed by atoms with Crippen molar-refractivity contribution in [2.45, 2.75) is 39.2 Å². The van der Waals surface area contributed by atoms with Crippen molar-refractivity contribution in [2.24, 2.45) is 7.05 Å². The molecule has 1 aromatic heterocycles. The molecule has 1 heterocycles. The molecule has 0 fully saturated rings. The van der Waals surface area contributed by atoms with E-state index in [9.17, 15) is 9.59 Å². The second-order valence-corrected chi connectivity index (χ2v) is 7.43. The fourth-order valence-electron chi connectivity index (χ4n) is 3.20. The number of hydrogen-bond donors (Lipinski definition) is 1. The first-order chi connectivity index (χ1) is 13.4. The van der Waals surface area contributed by atoms with Crippen molar-refractivity contribution in [3.05, 3.63) is 74.8 Å². The van der Waals surface area contributed by atoms with Gasteiger partial charge in [-0.3, -0.25) is 14.2 Å². The zero-order valence-corrected chi connectivity index (χ0v) is 17.1. The van der Waals surface area contributed by atoms with Crippen LogP contribution in [-0.4, -0.2) is 15.5 Å². The monoisotopic (exact) mass is 397 g/mol. The summed E-state index contributed by atoms with van der Waals surface area (Å²) in [5.74, 6) is 0.280. The summed E-state index contributed by atoms with van der Waals surface area (Å²) < 4.78 is 1.47. The molecule has 0 aliphatic rings. The predicted octanol–water partition coefficient (Wildman–Crippen LogP) is 4.42. The molecule has 0 bridgehead atoms. The number of fused-ring (bicyclic) bond motifs is 1. The number of carbonyl (C=O) groups excluding carboxylic acids is 1. The molecule has 28 heavy (non-hydrogen) atoms. The molecule has 2 aromatic carbocycles. The Morgan fingerprint density at radius 3 is 2.61 bits per heavy atom. The van der Waals surface area contributed by atoms with Gasteiger partial charge in [0.15, 0.2) is 0 Å². The van der Waals surface area contributed by atoms with Crippen LogP contribution < -0.4 is 10.9 Å². The first kappa shape index (κ1) is 20.1. The highest BCUT2D eigenvalue weighted by Crippen LogP contribution is 2.18. The zero-order valence-electron chi connectivity index (χ0n) is 16.3. The molecule has 0 saturated heterocycles. The van der Waals surface area contributed by atoms with E-state index in [4.69, 9.17) is 11.6 Å². The lowest BCUT2D eigenvalue weighted by Gasteiger charge is -2.17. The van der Waals surface area contributed by atoms with Crippen molar-refractivity contribution in [3.8, 4) is 0 Å². The summed E-state index contributed by atoms with van der Waals surface area (Å²) in [5, 5.41) is 3.94. The van der Waals surface area contributed by atoms with Gasteiger partial charge in [-0.1, -0.05) is 37.1 Å². The van der Waals surface area contributed by atoms with Crippen LogP contribution in [-0.2, 0) is 13.5 Å². The van der Waals surface area contributed by atoms with Crippen molar-refractivity contribution in [1.82, 2.24) is 14.9 Å². The third-order valence-corrected chi connectivity index (χ3v) is 5.08. The fourth-order valence-corrected chi connectivity index (χ4v) is 3.36. The maximum absolute atomic E-state index is 12.6. The number of aromatic nitrogens is 2. The topological polar surface area (TPSA) is 64.0 Å². The Morgan fingerprint density at radius 1 is 1.21 bits per heavy atom. The number of hydrogen-bond acceptors (Lipinski definition) is 3. The maximum Gasteiger partial charge on any atom is 0.261 e. The SMILES string of the molecule is CCCCc1ccc(C(=O)N[C@@H](C)c2nc3cc(Cl)ccc3c(=O)n2C)cc1. The van der Waals surface area contributed by atoms with E-state index in [-0.39, 0.29) is 11.5 Å². The third-order valence-electron chi connectivity index (χ3n) is 4.84. The molecule has 0 aliphatic carbocycles. The summed E-state index contributed by atoms with van der Waals surface area (Å²) in [6.07, 6.45) is 3.29. The van der Waals surface area contributed by atoms with Crippen LogP contribution in [0.25, 0.3) is 10.9 Å². The van der Waals surface area contributed by atoms with Crippen LogP contribution in [0.4, 0.5) is 0 Å². The second-order valence-electron chi connectivity index (χ2n) is 6.99. The molecule has 1 atom stereocenters. The lowest BCUT2D eigenvalue weighted by Crippen LogP contribution is -2.32. The normalized spacial score (nSPS) is 12.1. The lowest BCUT2D eigenvalue weighted by atomic mass is 10.1. The number of aryl methyl sites for hydroxylation is 1. The molecule has 3 rings (SSSR count). The fraction of sp³-hybridized carbons (Fsp3) is 0.318. The Balaban J connectivity index is 1.82. The van der Waals surface area contributed by atoms with Gasteiger partial charge in [-0.2, -0.15) is 0 Å². The first-order valence-corrected chi connectivity index (χ1v) is 9.84. The minimum absolute atomic E-state index is 0.168. The average Bonchev–Trinajstić information content (AvgIpc) is 2.69. The van der Waals surface area contributed by atoms with E-state index < -0.39 is 6.04 Å². The summed E-state index contributed by atoms with van der Waals surface area (Å²) >= 11 is 6.03. The van der Waals surface area contributed by atoms with Gasteiger partial charge >= 0.3 is 0 Å². The van der Waals surface area contributed by atoms with Gasteiger partial charge in [-0.15, -0.1) is 0 Å². The van der Waals surface area contributed by atoms with Crippen molar-refractivity contribution >= 4 is 28.4 Å². The number of nitrogens with one attached hydrogen (secondary N) is 1.